The van der Waals surface area contributed by atoms with E-state index in [-0.39, 0.29) is 5.91 Å². The molecule has 0 bridgehead atoms. The Kier molecular flexibility index (Phi) is 3.46. The third-order valence-electron chi connectivity index (χ3n) is 2.30. The molecule has 0 unspecified atom stereocenters. The first-order valence-electron chi connectivity index (χ1n) is 5.07. The number of amides is 1. The topological polar surface area (TPSA) is 55.1 Å². The van der Waals surface area contributed by atoms with E-state index < -0.39 is 0 Å². The standard InChI is InChI=1S/C12H11IN2O2/c1-7-5-9(13)3-4-10(7)14-12(16)11-6-8(2)17-15-11/h3-6H,1-2H3,(H,14,16). The highest BCUT2D eigenvalue weighted by Gasteiger charge is 2.11. The summed E-state index contributed by atoms with van der Waals surface area (Å²) in [6, 6.07) is 7.43. The van der Waals surface area contributed by atoms with Crippen molar-refractivity contribution in [1.29, 1.82) is 0 Å². The number of rotatable bonds is 2. The molecular formula is C12H11IN2O2. The third kappa shape index (κ3) is 2.85. The largest absolute Gasteiger partial charge is 0.361 e. The van der Waals surface area contributed by atoms with Crippen LogP contribution in [0.25, 0.3) is 0 Å². The highest BCUT2D eigenvalue weighted by Crippen LogP contribution is 2.18. The number of carbonyl (C=O) groups is 1. The number of aryl methyl sites for hydroxylation is 2. The molecule has 1 N–H and O–H groups in total. The van der Waals surface area contributed by atoms with Gasteiger partial charge in [0.25, 0.3) is 5.91 Å². The lowest BCUT2D eigenvalue weighted by atomic mass is 10.2. The molecule has 0 aliphatic heterocycles. The van der Waals surface area contributed by atoms with Crippen molar-refractivity contribution in [2.45, 2.75) is 13.8 Å². The lowest BCUT2D eigenvalue weighted by molar-refractivity contribution is 0.101. The van der Waals surface area contributed by atoms with E-state index in [0.717, 1.165) is 14.8 Å². The Bertz CT molecular complexity index is 563. The van der Waals surface area contributed by atoms with E-state index in [0.29, 0.717) is 11.5 Å². The van der Waals surface area contributed by atoms with E-state index in [2.05, 4.69) is 33.1 Å². The Hall–Kier alpha value is -1.37. The molecule has 17 heavy (non-hydrogen) atoms. The van der Waals surface area contributed by atoms with Gasteiger partial charge in [0.15, 0.2) is 5.69 Å². The smallest absolute Gasteiger partial charge is 0.277 e. The molecule has 4 nitrogen and oxygen atoms in total. The van der Waals surface area contributed by atoms with E-state index in [1.807, 2.05) is 25.1 Å². The Morgan fingerprint density at radius 1 is 1.35 bits per heavy atom. The van der Waals surface area contributed by atoms with Crippen LogP contribution in [0, 0.1) is 17.4 Å². The van der Waals surface area contributed by atoms with Crippen molar-refractivity contribution in [3.63, 3.8) is 0 Å². The molecule has 0 saturated heterocycles. The molecular weight excluding hydrogens is 331 g/mol. The van der Waals surface area contributed by atoms with Crippen molar-refractivity contribution in [2.24, 2.45) is 0 Å². The number of benzene rings is 1. The number of halogens is 1. The van der Waals surface area contributed by atoms with Gasteiger partial charge in [-0.15, -0.1) is 0 Å². The number of aromatic nitrogens is 1. The molecule has 1 aromatic heterocycles. The molecule has 0 saturated carbocycles. The van der Waals surface area contributed by atoms with Gasteiger partial charge in [0.05, 0.1) is 0 Å². The van der Waals surface area contributed by atoms with Crippen molar-refractivity contribution in [3.8, 4) is 0 Å². The molecule has 1 amide bonds. The summed E-state index contributed by atoms with van der Waals surface area (Å²) in [6.45, 7) is 3.70. The van der Waals surface area contributed by atoms with Crippen LogP contribution in [0.2, 0.25) is 0 Å². The van der Waals surface area contributed by atoms with E-state index in [1.54, 1.807) is 13.0 Å². The summed E-state index contributed by atoms with van der Waals surface area (Å²) >= 11 is 2.23. The van der Waals surface area contributed by atoms with Gasteiger partial charge in [-0.3, -0.25) is 4.79 Å². The summed E-state index contributed by atoms with van der Waals surface area (Å²) in [5.74, 6) is 0.362. The fourth-order valence-electron chi connectivity index (χ4n) is 1.43. The van der Waals surface area contributed by atoms with Gasteiger partial charge in [0.2, 0.25) is 0 Å². The van der Waals surface area contributed by atoms with Gasteiger partial charge in [0.1, 0.15) is 5.76 Å². The first-order valence-corrected chi connectivity index (χ1v) is 6.15. The summed E-state index contributed by atoms with van der Waals surface area (Å²) in [6.07, 6.45) is 0. The SMILES string of the molecule is Cc1cc(C(=O)Nc2ccc(I)cc2C)no1. The first kappa shape index (κ1) is 12.1. The van der Waals surface area contributed by atoms with Crippen LogP contribution in [0.3, 0.4) is 0 Å². The second kappa shape index (κ2) is 4.87. The van der Waals surface area contributed by atoms with Crippen LogP contribution in [0.1, 0.15) is 21.8 Å². The zero-order valence-corrected chi connectivity index (χ0v) is 11.6. The predicted molar refractivity (Wildman–Crippen MR) is 73.1 cm³/mol. The van der Waals surface area contributed by atoms with E-state index >= 15 is 0 Å². The molecule has 2 aromatic rings. The molecule has 1 heterocycles. The van der Waals surface area contributed by atoms with E-state index in [9.17, 15) is 4.79 Å². The zero-order valence-electron chi connectivity index (χ0n) is 9.45. The molecule has 0 fully saturated rings. The fourth-order valence-corrected chi connectivity index (χ4v) is 2.07. The molecule has 0 aliphatic rings. The zero-order chi connectivity index (χ0) is 12.4. The normalized spacial score (nSPS) is 10.3. The maximum absolute atomic E-state index is 11.8. The number of hydrogen-bond donors (Lipinski definition) is 1. The van der Waals surface area contributed by atoms with Crippen molar-refractivity contribution >= 4 is 34.2 Å². The van der Waals surface area contributed by atoms with Crippen molar-refractivity contribution < 1.29 is 9.32 Å². The maximum atomic E-state index is 11.8. The maximum Gasteiger partial charge on any atom is 0.277 e. The minimum atomic E-state index is -0.258. The second-order valence-electron chi connectivity index (χ2n) is 3.74. The van der Waals surface area contributed by atoms with Crippen LogP contribution in [-0.2, 0) is 0 Å². The Labute approximate surface area is 113 Å². The molecule has 1 aromatic carbocycles. The van der Waals surface area contributed by atoms with Gasteiger partial charge < -0.3 is 9.84 Å². The third-order valence-corrected chi connectivity index (χ3v) is 2.97. The number of carbonyl (C=O) groups excluding carboxylic acids is 1. The van der Waals surface area contributed by atoms with Crippen molar-refractivity contribution in [1.82, 2.24) is 5.16 Å². The lowest BCUT2D eigenvalue weighted by Crippen LogP contribution is -2.13. The average Bonchev–Trinajstić information content (AvgIpc) is 2.69. The first-order chi connectivity index (χ1) is 8.06. The minimum absolute atomic E-state index is 0.258. The van der Waals surface area contributed by atoms with Crippen LogP contribution in [-0.4, -0.2) is 11.1 Å². The van der Waals surface area contributed by atoms with Gasteiger partial charge in [0, 0.05) is 15.3 Å². The fraction of sp³-hybridized carbons (Fsp3) is 0.167. The Morgan fingerprint density at radius 2 is 2.12 bits per heavy atom. The minimum Gasteiger partial charge on any atom is -0.361 e. The highest BCUT2D eigenvalue weighted by atomic mass is 127. The average molecular weight is 342 g/mol. The van der Waals surface area contributed by atoms with Crippen molar-refractivity contribution in [2.75, 3.05) is 5.32 Å². The van der Waals surface area contributed by atoms with Gasteiger partial charge >= 0.3 is 0 Å². The van der Waals surface area contributed by atoms with Gasteiger partial charge in [-0.25, -0.2) is 0 Å². The van der Waals surface area contributed by atoms with Gasteiger partial charge in [-0.2, -0.15) is 0 Å². The monoisotopic (exact) mass is 342 g/mol. The molecule has 0 atom stereocenters. The van der Waals surface area contributed by atoms with Gasteiger partial charge in [-0.1, -0.05) is 5.16 Å². The van der Waals surface area contributed by atoms with Crippen LogP contribution in [0.5, 0.6) is 0 Å². The number of nitrogens with zero attached hydrogens (tertiary/aromatic N) is 1. The van der Waals surface area contributed by atoms with Crippen LogP contribution >= 0.6 is 22.6 Å². The van der Waals surface area contributed by atoms with Crippen LogP contribution in [0.4, 0.5) is 5.69 Å². The van der Waals surface area contributed by atoms with E-state index in [4.69, 9.17) is 4.52 Å². The molecule has 5 heteroatoms. The molecule has 2 rings (SSSR count). The molecule has 0 aliphatic carbocycles. The summed E-state index contributed by atoms with van der Waals surface area (Å²) in [5, 5.41) is 6.47. The number of anilines is 1. The lowest BCUT2D eigenvalue weighted by Gasteiger charge is -2.06. The van der Waals surface area contributed by atoms with Crippen LogP contribution < -0.4 is 5.32 Å². The predicted octanol–water partition coefficient (Wildman–Crippen LogP) is 3.15. The van der Waals surface area contributed by atoms with Gasteiger partial charge in [-0.05, 0) is 60.2 Å². The number of hydrogen-bond acceptors (Lipinski definition) is 3. The Morgan fingerprint density at radius 3 is 2.71 bits per heavy atom. The quantitative estimate of drug-likeness (QED) is 0.853. The molecule has 0 radical (unpaired) electrons. The second-order valence-corrected chi connectivity index (χ2v) is 4.98. The highest BCUT2D eigenvalue weighted by molar-refractivity contribution is 14.1. The summed E-state index contributed by atoms with van der Waals surface area (Å²) in [4.78, 5) is 11.8. The summed E-state index contributed by atoms with van der Waals surface area (Å²) in [7, 11) is 0. The molecule has 0 spiro atoms. The number of nitrogens with one attached hydrogen (secondary N) is 1. The Balaban J connectivity index is 2.18. The summed E-state index contributed by atoms with van der Waals surface area (Å²) in [5.41, 5.74) is 2.10. The summed E-state index contributed by atoms with van der Waals surface area (Å²) < 4.78 is 6.00. The molecule has 88 valence electrons. The van der Waals surface area contributed by atoms with Crippen LogP contribution in [0.15, 0.2) is 28.8 Å². The van der Waals surface area contributed by atoms with E-state index in [1.165, 1.54) is 0 Å². The van der Waals surface area contributed by atoms with Crippen molar-refractivity contribution in [3.05, 3.63) is 44.9 Å².